The Kier molecular flexibility index (Phi) is 4.21. The Bertz CT molecular complexity index is 1230. The van der Waals surface area contributed by atoms with Crippen molar-refractivity contribution in [3.8, 4) is 33.8 Å². The van der Waals surface area contributed by atoms with Crippen LogP contribution in [-0.4, -0.2) is 14.2 Å². The molecule has 0 fully saturated rings. The van der Waals surface area contributed by atoms with Crippen LogP contribution in [0.5, 0.6) is 11.5 Å². The second kappa shape index (κ2) is 7.02. The fraction of sp³-hybridized carbons (Fsp3) is 0.0769. The van der Waals surface area contributed by atoms with E-state index in [1.54, 1.807) is 14.2 Å². The van der Waals surface area contributed by atoms with Crippen molar-refractivity contribution in [2.75, 3.05) is 14.2 Å². The molecule has 1 heterocycles. The van der Waals surface area contributed by atoms with Gasteiger partial charge in [-0.1, -0.05) is 36.4 Å². The van der Waals surface area contributed by atoms with E-state index in [9.17, 15) is 0 Å². The molecule has 0 atom stereocenters. The minimum absolute atomic E-state index is 0.843. The van der Waals surface area contributed by atoms with Crippen molar-refractivity contribution in [2.45, 2.75) is 0 Å². The molecular weight excluding hydrogens is 360 g/mol. The standard InChI is InChI=1S/C26H20O3/c1-27-21-7-3-5-17(13-21)19-9-11-23-24-12-10-20(16-26(24)29-25(23)15-19)18-6-4-8-22(14-18)28-2/h3-16H,1-2H3. The second-order valence-electron chi connectivity index (χ2n) is 6.99. The van der Waals surface area contributed by atoms with Crippen LogP contribution in [0.4, 0.5) is 0 Å². The summed E-state index contributed by atoms with van der Waals surface area (Å²) in [6.45, 7) is 0. The zero-order valence-corrected chi connectivity index (χ0v) is 16.3. The van der Waals surface area contributed by atoms with E-state index in [-0.39, 0.29) is 0 Å². The van der Waals surface area contributed by atoms with Crippen molar-refractivity contribution in [1.82, 2.24) is 0 Å². The summed E-state index contributed by atoms with van der Waals surface area (Å²) in [4.78, 5) is 0. The normalized spacial score (nSPS) is 11.1. The number of hydrogen-bond donors (Lipinski definition) is 0. The number of hydrogen-bond acceptors (Lipinski definition) is 3. The van der Waals surface area contributed by atoms with Crippen LogP contribution in [-0.2, 0) is 0 Å². The summed E-state index contributed by atoms with van der Waals surface area (Å²) in [7, 11) is 3.36. The Morgan fingerprint density at radius 1 is 0.517 bits per heavy atom. The van der Waals surface area contributed by atoms with Crippen LogP contribution in [0.25, 0.3) is 44.2 Å². The molecule has 3 heteroatoms. The van der Waals surface area contributed by atoms with Crippen molar-refractivity contribution in [3.63, 3.8) is 0 Å². The maximum Gasteiger partial charge on any atom is 0.136 e. The Balaban J connectivity index is 1.61. The predicted octanol–water partition coefficient (Wildman–Crippen LogP) is 6.94. The van der Waals surface area contributed by atoms with E-state index in [0.717, 1.165) is 55.7 Å². The Labute approximate surface area is 169 Å². The van der Waals surface area contributed by atoms with E-state index in [1.165, 1.54) is 0 Å². The van der Waals surface area contributed by atoms with E-state index >= 15 is 0 Å². The molecule has 0 amide bonds. The van der Waals surface area contributed by atoms with Gasteiger partial charge in [0.05, 0.1) is 14.2 Å². The van der Waals surface area contributed by atoms with Gasteiger partial charge in [-0.2, -0.15) is 0 Å². The van der Waals surface area contributed by atoms with Crippen LogP contribution < -0.4 is 9.47 Å². The van der Waals surface area contributed by atoms with Gasteiger partial charge in [-0.05, 0) is 70.8 Å². The summed E-state index contributed by atoms with van der Waals surface area (Å²) >= 11 is 0. The van der Waals surface area contributed by atoms with E-state index in [1.807, 2.05) is 36.4 Å². The Hall–Kier alpha value is -3.72. The molecule has 5 aromatic rings. The van der Waals surface area contributed by atoms with E-state index in [2.05, 4.69) is 48.5 Å². The first-order valence-corrected chi connectivity index (χ1v) is 9.50. The molecule has 5 rings (SSSR count). The summed E-state index contributed by atoms with van der Waals surface area (Å²) in [5.41, 5.74) is 6.16. The molecule has 3 nitrogen and oxygen atoms in total. The van der Waals surface area contributed by atoms with Crippen LogP contribution in [0.1, 0.15) is 0 Å². The third kappa shape index (κ3) is 3.11. The number of methoxy groups -OCH3 is 2. The lowest BCUT2D eigenvalue weighted by atomic mass is 10.0. The highest BCUT2D eigenvalue weighted by molar-refractivity contribution is 6.06. The molecule has 0 aliphatic rings. The number of benzene rings is 4. The fourth-order valence-electron chi connectivity index (χ4n) is 3.74. The molecule has 0 aliphatic carbocycles. The zero-order chi connectivity index (χ0) is 19.8. The van der Waals surface area contributed by atoms with Crippen LogP contribution in [0.2, 0.25) is 0 Å². The largest absolute Gasteiger partial charge is 0.497 e. The fourth-order valence-corrected chi connectivity index (χ4v) is 3.74. The molecule has 142 valence electrons. The molecular formula is C26H20O3. The molecule has 0 saturated carbocycles. The minimum Gasteiger partial charge on any atom is -0.497 e. The average Bonchev–Trinajstić information content (AvgIpc) is 3.16. The smallest absolute Gasteiger partial charge is 0.136 e. The minimum atomic E-state index is 0.843. The molecule has 0 bridgehead atoms. The highest BCUT2D eigenvalue weighted by atomic mass is 16.5. The van der Waals surface area contributed by atoms with E-state index < -0.39 is 0 Å². The van der Waals surface area contributed by atoms with Crippen LogP contribution >= 0.6 is 0 Å². The van der Waals surface area contributed by atoms with Gasteiger partial charge >= 0.3 is 0 Å². The molecule has 4 aromatic carbocycles. The predicted molar refractivity (Wildman–Crippen MR) is 118 cm³/mol. The molecule has 0 aliphatic heterocycles. The number of rotatable bonds is 4. The summed E-state index contributed by atoms with van der Waals surface area (Å²) < 4.78 is 16.9. The molecule has 0 unspecified atom stereocenters. The summed E-state index contributed by atoms with van der Waals surface area (Å²) in [5, 5.41) is 2.23. The van der Waals surface area contributed by atoms with Crippen molar-refractivity contribution in [1.29, 1.82) is 0 Å². The lowest BCUT2D eigenvalue weighted by Crippen LogP contribution is -1.83. The first-order valence-electron chi connectivity index (χ1n) is 9.50. The summed E-state index contributed by atoms with van der Waals surface area (Å²) in [6, 6.07) is 28.8. The molecule has 0 saturated heterocycles. The van der Waals surface area contributed by atoms with Gasteiger partial charge in [0.1, 0.15) is 22.7 Å². The number of ether oxygens (including phenoxy) is 2. The van der Waals surface area contributed by atoms with E-state index in [0.29, 0.717) is 0 Å². The molecule has 0 spiro atoms. The van der Waals surface area contributed by atoms with Gasteiger partial charge in [0.2, 0.25) is 0 Å². The number of furan rings is 1. The quantitative estimate of drug-likeness (QED) is 0.338. The van der Waals surface area contributed by atoms with Crippen molar-refractivity contribution < 1.29 is 13.9 Å². The van der Waals surface area contributed by atoms with Crippen molar-refractivity contribution >= 4 is 21.9 Å². The van der Waals surface area contributed by atoms with Gasteiger partial charge in [-0.25, -0.2) is 0 Å². The third-order valence-corrected chi connectivity index (χ3v) is 5.28. The van der Waals surface area contributed by atoms with Crippen molar-refractivity contribution in [2.24, 2.45) is 0 Å². The topological polar surface area (TPSA) is 31.6 Å². The molecule has 1 aromatic heterocycles. The Morgan fingerprint density at radius 2 is 0.966 bits per heavy atom. The van der Waals surface area contributed by atoms with E-state index in [4.69, 9.17) is 13.9 Å². The zero-order valence-electron chi connectivity index (χ0n) is 16.3. The van der Waals surface area contributed by atoms with Crippen molar-refractivity contribution in [3.05, 3.63) is 84.9 Å². The first-order chi connectivity index (χ1) is 14.2. The Morgan fingerprint density at radius 3 is 1.41 bits per heavy atom. The second-order valence-corrected chi connectivity index (χ2v) is 6.99. The lowest BCUT2D eigenvalue weighted by molar-refractivity contribution is 0.415. The molecule has 29 heavy (non-hydrogen) atoms. The average molecular weight is 380 g/mol. The molecule has 0 N–H and O–H groups in total. The van der Waals surface area contributed by atoms with Gasteiger partial charge in [0.25, 0.3) is 0 Å². The molecule has 0 radical (unpaired) electrons. The monoisotopic (exact) mass is 380 g/mol. The van der Waals surface area contributed by atoms with Gasteiger partial charge in [-0.15, -0.1) is 0 Å². The van der Waals surface area contributed by atoms with Gasteiger partial charge in [0.15, 0.2) is 0 Å². The summed E-state index contributed by atoms with van der Waals surface area (Å²) in [6.07, 6.45) is 0. The maximum absolute atomic E-state index is 6.23. The first kappa shape index (κ1) is 17.4. The highest BCUT2D eigenvalue weighted by Gasteiger charge is 2.10. The maximum atomic E-state index is 6.23. The SMILES string of the molecule is COc1cccc(-c2ccc3c(c2)oc2cc(-c4cccc(OC)c4)ccc23)c1. The third-order valence-electron chi connectivity index (χ3n) is 5.28. The van der Waals surface area contributed by atoms with Crippen LogP contribution in [0.15, 0.2) is 89.3 Å². The summed E-state index contributed by atoms with van der Waals surface area (Å²) in [5.74, 6) is 1.69. The lowest BCUT2D eigenvalue weighted by Gasteiger charge is -2.05. The van der Waals surface area contributed by atoms with Gasteiger partial charge in [-0.3, -0.25) is 0 Å². The van der Waals surface area contributed by atoms with Crippen LogP contribution in [0.3, 0.4) is 0 Å². The van der Waals surface area contributed by atoms with Crippen LogP contribution in [0, 0.1) is 0 Å². The van der Waals surface area contributed by atoms with Gasteiger partial charge < -0.3 is 13.9 Å². The van der Waals surface area contributed by atoms with Gasteiger partial charge in [0, 0.05) is 10.8 Å². The highest BCUT2D eigenvalue weighted by Crippen LogP contribution is 2.35. The number of fused-ring (bicyclic) bond motifs is 3.